The highest BCUT2D eigenvalue weighted by molar-refractivity contribution is 7.89. The minimum Gasteiger partial charge on any atom is -0.468 e. The van der Waals surface area contributed by atoms with E-state index in [1.807, 2.05) is 6.07 Å². The Kier molecular flexibility index (Phi) is 5.57. The molecule has 0 bridgehead atoms. The van der Waals surface area contributed by atoms with Crippen molar-refractivity contribution in [1.29, 1.82) is 0 Å². The predicted molar refractivity (Wildman–Crippen MR) is 90.5 cm³/mol. The SMILES string of the molecule is O=S(=O)(NCC(c1ccco1)N1CCOCC1)c1ccccc1Cl. The third-order valence-corrected chi connectivity index (χ3v) is 5.87. The molecule has 8 heteroatoms. The van der Waals surface area contributed by atoms with Crippen LogP contribution in [0.15, 0.2) is 52.0 Å². The summed E-state index contributed by atoms with van der Waals surface area (Å²) in [4.78, 5) is 2.23. The second-order valence-corrected chi connectivity index (χ2v) is 7.60. The summed E-state index contributed by atoms with van der Waals surface area (Å²) >= 11 is 6.01. The van der Waals surface area contributed by atoms with E-state index in [4.69, 9.17) is 20.8 Å². The Morgan fingerprint density at radius 3 is 2.58 bits per heavy atom. The molecule has 2 heterocycles. The van der Waals surface area contributed by atoms with Crippen LogP contribution in [0.1, 0.15) is 11.8 Å². The average molecular weight is 371 g/mol. The summed E-state index contributed by atoms with van der Waals surface area (Å²) in [7, 11) is -3.70. The first-order valence-corrected chi connectivity index (χ1v) is 9.53. The van der Waals surface area contributed by atoms with Gasteiger partial charge in [-0.2, -0.15) is 0 Å². The molecule has 0 amide bonds. The first-order chi connectivity index (χ1) is 11.6. The molecule has 1 aliphatic rings. The van der Waals surface area contributed by atoms with Crippen molar-refractivity contribution in [1.82, 2.24) is 9.62 Å². The zero-order valence-corrected chi connectivity index (χ0v) is 14.6. The first kappa shape index (κ1) is 17.4. The zero-order valence-electron chi connectivity index (χ0n) is 13.0. The van der Waals surface area contributed by atoms with E-state index in [1.165, 1.54) is 6.07 Å². The normalized spacial score (nSPS) is 17.7. The van der Waals surface area contributed by atoms with Crippen LogP contribution in [-0.4, -0.2) is 46.2 Å². The maximum Gasteiger partial charge on any atom is 0.242 e. The summed E-state index contributed by atoms with van der Waals surface area (Å²) in [5, 5.41) is 0.200. The number of rotatable bonds is 6. The van der Waals surface area contributed by atoms with Crippen LogP contribution in [0.3, 0.4) is 0 Å². The number of ether oxygens (including phenoxy) is 1. The molecule has 0 saturated carbocycles. The van der Waals surface area contributed by atoms with Gasteiger partial charge in [0.2, 0.25) is 10.0 Å². The Morgan fingerprint density at radius 2 is 1.92 bits per heavy atom. The quantitative estimate of drug-likeness (QED) is 0.844. The van der Waals surface area contributed by atoms with Crippen LogP contribution in [-0.2, 0) is 14.8 Å². The summed E-state index contributed by atoms with van der Waals surface area (Å²) in [5.74, 6) is 0.721. The molecule has 1 fully saturated rings. The molecule has 1 saturated heterocycles. The van der Waals surface area contributed by atoms with E-state index in [9.17, 15) is 8.42 Å². The number of furan rings is 1. The summed E-state index contributed by atoms with van der Waals surface area (Å²) in [6, 6.07) is 9.84. The van der Waals surface area contributed by atoms with E-state index in [0.29, 0.717) is 13.2 Å². The van der Waals surface area contributed by atoms with Gasteiger partial charge in [0.1, 0.15) is 10.7 Å². The molecule has 1 aromatic carbocycles. The third kappa shape index (κ3) is 3.99. The van der Waals surface area contributed by atoms with Crippen molar-refractivity contribution >= 4 is 21.6 Å². The Morgan fingerprint density at radius 1 is 1.17 bits per heavy atom. The van der Waals surface area contributed by atoms with Crippen LogP contribution in [0.4, 0.5) is 0 Å². The van der Waals surface area contributed by atoms with Crippen LogP contribution in [0, 0.1) is 0 Å². The molecule has 1 N–H and O–H groups in total. The van der Waals surface area contributed by atoms with Crippen molar-refractivity contribution in [2.45, 2.75) is 10.9 Å². The predicted octanol–water partition coefficient (Wildman–Crippen LogP) is 2.28. The molecule has 2 aromatic rings. The van der Waals surface area contributed by atoms with Gasteiger partial charge in [-0.3, -0.25) is 4.90 Å². The van der Waals surface area contributed by atoms with Gasteiger partial charge in [-0.25, -0.2) is 13.1 Å². The lowest BCUT2D eigenvalue weighted by atomic mass is 10.2. The summed E-state index contributed by atoms with van der Waals surface area (Å²) in [6.07, 6.45) is 1.59. The number of nitrogens with zero attached hydrogens (tertiary/aromatic N) is 1. The molecule has 3 rings (SSSR count). The fourth-order valence-electron chi connectivity index (χ4n) is 2.71. The topological polar surface area (TPSA) is 71.8 Å². The monoisotopic (exact) mass is 370 g/mol. The zero-order chi connectivity index (χ0) is 17.0. The largest absolute Gasteiger partial charge is 0.468 e. The van der Waals surface area contributed by atoms with E-state index < -0.39 is 10.0 Å². The highest BCUT2D eigenvalue weighted by Gasteiger charge is 2.27. The van der Waals surface area contributed by atoms with E-state index >= 15 is 0 Å². The van der Waals surface area contributed by atoms with Crippen LogP contribution >= 0.6 is 11.6 Å². The minimum atomic E-state index is -3.70. The van der Waals surface area contributed by atoms with Crippen LogP contribution in [0.5, 0.6) is 0 Å². The minimum absolute atomic E-state index is 0.0758. The fraction of sp³-hybridized carbons (Fsp3) is 0.375. The molecule has 1 aliphatic heterocycles. The van der Waals surface area contributed by atoms with E-state index in [0.717, 1.165) is 18.8 Å². The summed E-state index contributed by atoms with van der Waals surface area (Å²) in [6.45, 7) is 2.88. The van der Waals surface area contributed by atoms with Gasteiger partial charge >= 0.3 is 0 Å². The second-order valence-electron chi connectivity index (χ2n) is 5.46. The van der Waals surface area contributed by atoms with Gasteiger partial charge in [-0.15, -0.1) is 0 Å². The Hall–Kier alpha value is -1.38. The van der Waals surface area contributed by atoms with E-state index in [1.54, 1.807) is 30.5 Å². The standard InChI is InChI=1S/C16H19ClN2O4S/c17-13-4-1-2-6-16(13)24(20,21)18-12-14(15-5-3-9-23-15)19-7-10-22-11-8-19/h1-6,9,14,18H,7-8,10-12H2. The number of hydrogen-bond acceptors (Lipinski definition) is 5. The van der Waals surface area contributed by atoms with Crippen LogP contribution < -0.4 is 4.72 Å². The van der Waals surface area contributed by atoms with Crippen molar-refractivity contribution in [3.63, 3.8) is 0 Å². The first-order valence-electron chi connectivity index (χ1n) is 7.67. The molecular formula is C16H19ClN2O4S. The number of hydrogen-bond donors (Lipinski definition) is 1. The maximum atomic E-state index is 12.5. The molecule has 6 nitrogen and oxygen atoms in total. The van der Waals surface area contributed by atoms with Crippen molar-refractivity contribution in [3.8, 4) is 0 Å². The molecule has 130 valence electrons. The molecule has 0 radical (unpaired) electrons. The van der Waals surface area contributed by atoms with Gasteiger partial charge < -0.3 is 9.15 Å². The van der Waals surface area contributed by atoms with Crippen molar-refractivity contribution in [2.24, 2.45) is 0 Å². The summed E-state index contributed by atoms with van der Waals surface area (Å²) < 4.78 is 38.6. The number of benzene rings is 1. The average Bonchev–Trinajstić information content (AvgIpc) is 3.10. The summed E-state index contributed by atoms with van der Waals surface area (Å²) in [5.41, 5.74) is 0. The van der Waals surface area contributed by atoms with Gasteiger partial charge in [-0.1, -0.05) is 23.7 Å². The number of nitrogens with one attached hydrogen (secondary N) is 1. The highest BCUT2D eigenvalue weighted by Crippen LogP contribution is 2.24. The Labute approximate surface area is 146 Å². The Balaban J connectivity index is 1.77. The van der Waals surface area contributed by atoms with E-state index in [2.05, 4.69) is 9.62 Å². The molecule has 1 aromatic heterocycles. The fourth-order valence-corrected chi connectivity index (χ4v) is 4.26. The second kappa shape index (κ2) is 7.67. The molecule has 0 aliphatic carbocycles. The maximum absolute atomic E-state index is 12.5. The van der Waals surface area contributed by atoms with Crippen molar-refractivity contribution in [2.75, 3.05) is 32.8 Å². The van der Waals surface area contributed by atoms with Crippen LogP contribution in [0.2, 0.25) is 5.02 Å². The lowest BCUT2D eigenvalue weighted by molar-refractivity contribution is 0.0128. The van der Waals surface area contributed by atoms with Crippen molar-refractivity contribution in [3.05, 3.63) is 53.4 Å². The third-order valence-electron chi connectivity index (χ3n) is 3.95. The molecule has 24 heavy (non-hydrogen) atoms. The van der Waals surface area contributed by atoms with Gasteiger partial charge in [0.25, 0.3) is 0 Å². The van der Waals surface area contributed by atoms with E-state index in [-0.39, 0.29) is 22.5 Å². The van der Waals surface area contributed by atoms with Crippen molar-refractivity contribution < 1.29 is 17.6 Å². The lowest BCUT2D eigenvalue weighted by Gasteiger charge is -2.33. The molecule has 1 unspecified atom stereocenters. The molecule has 1 atom stereocenters. The molecular weight excluding hydrogens is 352 g/mol. The molecule has 0 spiro atoms. The van der Waals surface area contributed by atoms with Gasteiger partial charge in [0, 0.05) is 19.6 Å². The van der Waals surface area contributed by atoms with Gasteiger partial charge in [0.05, 0.1) is 30.5 Å². The Bertz CT molecular complexity index is 758. The highest BCUT2D eigenvalue weighted by atomic mass is 35.5. The number of halogens is 1. The number of morpholine rings is 1. The smallest absolute Gasteiger partial charge is 0.242 e. The van der Waals surface area contributed by atoms with Gasteiger partial charge in [0.15, 0.2) is 0 Å². The van der Waals surface area contributed by atoms with Gasteiger partial charge in [-0.05, 0) is 24.3 Å². The van der Waals surface area contributed by atoms with Crippen LogP contribution in [0.25, 0.3) is 0 Å². The lowest BCUT2D eigenvalue weighted by Crippen LogP contribution is -2.43. The number of sulfonamides is 1.